The van der Waals surface area contributed by atoms with E-state index in [1.807, 2.05) is 38.1 Å². The van der Waals surface area contributed by atoms with Crippen LogP contribution in [0.15, 0.2) is 65.5 Å². The van der Waals surface area contributed by atoms with E-state index in [2.05, 4.69) is 66.9 Å². The van der Waals surface area contributed by atoms with Gasteiger partial charge in [-0.3, -0.25) is 19.9 Å². The van der Waals surface area contributed by atoms with E-state index < -0.39 is 85.0 Å². The zero-order valence-corrected chi connectivity index (χ0v) is 43.2. The average Bonchev–Trinajstić information content (AvgIpc) is 3.68. The van der Waals surface area contributed by atoms with Gasteiger partial charge in [0.05, 0.1) is 60.7 Å². The van der Waals surface area contributed by atoms with E-state index >= 15 is 4.79 Å². The first-order valence-electron chi connectivity index (χ1n) is 21.5. The number of rotatable bonds is 13. The fourth-order valence-electron chi connectivity index (χ4n) is 9.00. The fourth-order valence-corrected chi connectivity index (χ4v) is 11.6. The number of aromatic amines is 1. The van der Waals surface area contributed by atoms with Gasteiger partial charge in [0, 0.05) is 57.9 Å². The summed E-state index contributed by atoms with van der Waals surface area (Å²) in [4.78, 5) is 50.2. The maximum absolute atomic E-state index is 15.4. The number of aromatic nitrogens is 2. The van der Waals surface area contributed by atoms with E-state index in [4.69, 9.17) is 50.8 Å². The predicted octanol–water partition coefficient (Wildman–Crippen LogP) is 4.38. The van der Waals surface area contributed by atoms with Crippen molar-refractivity contribution in [3.8, 4) is 23.7 Å². The van der Waals surface area contributed by atoms with Gasteiger partial charge in [0.15, 0.2) is 18.4 Å². The number of pyridine rings is 1. The van der Waals surface area contributed by atoms with Gasteiger partial charge < -0.3 is 48.9 Å². The second kappa shape index (κ2) is 21.8. The van der Waals surface area contributed by atoms with Gasteiger partial charge in [-0.1, -0.05) is 62.9 Å². The summed E-state index contributed by atoms with van der Waals surface area (Å²) in [5.41, 5.74) is 1.56. The van der Waals surface area contributed by atoms with Crippen molar-refractivity contribution in [2.75, 3.05) is 39.1 Å². The Morgan fingerprint density at radius 3 is 2.60 bits per heavy atom. The molecule has 2 aromatic heterocycles. The highest BCUT2D eigenvalue weighted by Crippen LogP contribution is 2.46. The van der Waals surface area contributed by atoms with Gasteiger partial charge in [0.1, 0.15) is 28.8 Å². The lowest BCUT2D eigenvalue weighted by atomic mass is 9.82. The molecule has 0 radical (unpaired) electrons. The number of thioether (sulfide) groups is 1. The van der Waals surface area contributed by atoms with Crippen LogP contribution in [0.3, 0.4) is 0 Å². The summed E-state index contributed by atoms with van der Waals surface area (Å²) in [7, 11) is 0.727. The van der Waals surface area contributed by atoms with Crippen LogP contribution in [0, 0.1) is 33.2 Å². The summed E-state index contributed by atoms with van der Waals surface area (Å²) in [5, 5.41) is 32.6. The van der Waals surface area contributed by atoms with E-state index in [9.17, 15) is 19.8 Å². The molecule has 358 valence electrons. The molecule has 3 aromatic rings. The molecule has 2 saturated heterocycles. The van der Waals surface area contributed by atoms with Gasteiger partial charge in [0.2, 0.25) is 5.78 Å². The van der Waals surface area contributed by atoms with Crippen LogP contribution in [0.5, 0.6) is 0 Å². The lowest BCUT2D eigenvalue weighted by molar-refractivity contribution is -0.326. The zero-order valence-electron chi connectivity index (χ0n) is 37.8. The first-order chi connectivity index (χ1) is 31.9. The van der Waals surface area contributed by atoms with E-state index in [1.54, 1.807) is 38.8 Å². The number of alkyl carbamates (subject to hydrolysis) is 1. The third kappa shape index (κ3) is 10.9. The molecule has 4 heterocycles. The first kappa shape index (κ1) is 51.5. The van der Waals surface area contributed by atoms with Crippen LogP contribution < -0.4 is 10.6 Å². The van der Waals surface area contributed by atoms with Crippen LogP contribution in [0.1, 0.15) is 44.1 Å². The summed E-state index contributed by atoms with van der Waals surface area (Å²) in [5.74, 6) is 9.87. The Bertz CT molecular complexity index is 2760. The number of amides is 1. The van der Waals surface area contributed by atoms with Gasteiger partial charge in [0.25, 0.3) is 0 Å². The number of aliphatic hydroxyl groups is 2. The molecule has 2 fully saturated rings. The Kier molecular flexibility index (Phi) is 16.7. The van der Waals surface area contributed by atoms with Crippen LogP contribution in [0.25, 0.3) is 21.8 Å². The molecule has 0 spiro atoms. The molecule has 11 atom stereocenters. The van der Waals surface area contributed by atoms with Crippen molar-refractivity contribution in [3.63, 3.8) is 0 Å². The monoisotopic (exact) mass is 1100 g/mol. The standard InChI is InChI=1S/C47H53IN4O11S4/c1-24(2)50-31-23-60-36(22-35(31)58-4)63-42-44(56)47(66-6,43(55)41-40-27(17-19-49-41)26-14-12-15-30(48)38(26)51-40)25(3)61-45(42)62-34-16-11-9-8-10-13-29-37(34)28(18-20-67(7,64)65)32(53)21-33(54)39(29)52-46(57)59-5/h8-9,12,14-15,17-19,24-25,31-32,34-37,42,44-45,50-51,53,56H,20-23H2,1-7H3,(H,52,57)/b9-8-,28-18-/t25?,31?,32-,34-,35?,36?,37?,42?,44?,45?,47?/m0/s1. The van der Waals surface area contributed by atoms with Gasteiger partial charge in [-0.15, -0.1) is 11.8 Å². The molecule has 4 aliphatic rings. The van der Waals surface area contributed by atoms with Gasteiger partial charge in [-0.2, -0.15) is 0 Å². The molecule has 0 bridgehead atoms. The van der Waals surface area contributed by atoms with E-state index in [-0.39, 0.29) is 59.5 Å². The summed E-state index contributed by atoms with van der Waals surface area (Å²) in [6.45, 7) is 5.91. The second-order valence-corrected chi connectivity index (χ2v) is 26.3. The molecule has 7 rings (SSSR count). The SMILES string of the molecule is COC(=O)NC1=C2C#C/C=C\C#C[C@H](OC3OC(C)C(SC)(C(=O)c4nccc5c4[nH]c4c(I)cccc45)C(O)C3OC3CC(OC)C(NC(C)C)CO3)C2/C(=C\CS(C)(=S)=S)[C@@H](O)CC1=O. The minimum atomic E-state index is -2.03. The Balaban J connectivity index is 1.36. The highest BCUT2D eigenvalue weighted by atomic mass is 127. The van der Waals surface area contributed by atoms with Crippen LogP contribution >= 0.6 is 34.4 Å². The Labute approximate surface area is 417 Å². The molecular formula is C47H53IN4O11S4. The number of fused-ring (bicyclic) bond motifs is 4. The number of benzene rings is 1. The molecule has 15 nitrogen and oxygen atoms in total. The molecular weight excluding hydrogens is 1050 g/mol. The van der Waals surface area contributed by atoms with Crippen LogP contribution in [-0.2, 0) is 62.7 Å². The number of carbonyl (C=O) groups is 3. The maximum Gasteiger partial charge on any atom is 0.411 e. The number of para-hydroxylation sites is 1. The molecule has 9 unspecified atom stereocenters. The van der Waals surface area contributed by atoms with Crippen molar-refractivity contribution in [2.45, 2.75) is 99.6 Å². The number of ether oxygens (including phenoxy) is 6. The molecule has 2 aliphatic carbocycles. The number of aliphatic hydroxyl groups excluding tert-OH is 2. The number of H-pyrrole nitrogens is 1. The number of allylic oxidation sites excluding steroid dienone is 3. The Hall–Kier alpha value is -3.33. The number of methoxy groups -OCH3 is 2. The van der Waals surface area contributed by atoms with E-state index in [1.165, 1.54) is 12.2 Å². The molecule has 67 heavy (non-hydrogen) atoms. The number of nitrogens with zero attached hydrogens (tertiary/aromatic N) is 1. The van der Waals surface area contributed by atoms with Gasteiger partial charge in [-0.25, -0.2) is 4.79 Å². The van der Waals surface area contributed by atoms with Crippen molar-refractivity contribution >= 4 is 103 Å². The van der Waals surface area contributed by atoms with Crippen LogP contribution in [-0.4, -0.2) is 143 Å². The zero-order chi connectivity index (χ0) is 48.4. The first-order valence-corrected chi connectivity index (χ1v) is 27.8. The molecule has 5 N–H and O–H groups in total. The molecule has 0 saturated carbocycles. The number of hydrogen-bond acceptors (Lipinski definition) is 16. The molecule has 20 heteroatoms. The Morgan fingerprint density at radius 2 is 1.90 bits per heavy atom. The normalized spacial score (nSPS) is 31.1. The van der Waals surface area contributed by atoms with Crippen molar-refractivity contribution in [2.24, 2.45) is 5.92 Å². The van der Waals surface area contributed by atoms with Crippen molar-refractivity contribution < 1.29 is 53.0 Å². The highest BCUT2D eigenvalue weighted by Gasteiger charge is 2.61. The van der Waals surface area contributed by atoms with E-state index in [0.717, 1.165) is 38.7 Å². The number of hydrogen-bond donors (Lipinski definition) is 5. The Morgan fingerprint density at radius 1 is 1.15 bits per heavy atom. The maximum atomic E-state index is 15.4. The van der Waals surface area contributed by atoms with Gasteiger partial charge in [-0.05, 0) is 94.3 Å². The van der Waals surface area contributed by atoms with Crippen molar-refractivity contribution in [3.05, 3.63) is 74.8 Å². The van der Waals surface area contributed by atoms with Crippen molar-refractivity contribution in [1.29, 1.82) is 0 Å². The van der Waals surface area contributed by atoms with Crippen molar-refractivity contribution in [1.82, 2.24) is 20.6 Å². The number of halogens is 1. The average molecular weight is 1110 g/mol. The minimum absolute atomic E-state index is 0.0689. The number of carbonyl (C=O) groups excluding carboxylic acids is 3. The van der Waals surface area contributed by atoms with Crippen LogP contribution in [0.4, 0.5) is 4.79 Å². The summed E-state index contributed by atoms with van der Waals surface area (Å²) >= 11 is 14.6. The number of ketones is 2. The van der Waals surface area contributed by atoms with Gasteiger partial charge >= 0.3 is 6.09 Å². The third-order valence-corrected chi connectivity index (χ3v) is 16.1. The van der Waals surface area contributed by atoms with E-state index in [0.29, 0.717) is 5.52 Å². The third-order valence-electron chi connectivity index (χ3n) is 12.1. The minimum Gasteiger partial charge on any atom is -0.453 e. The summed E-state index contributed by atoms with van der Waals surface area (Å²) < 4.78 is 36.8. The predicted molar refractivity (Wildman–Crippen MR) is 272 cm³/mol. The van der Waals surface area contributed by atoms with Crippen LogP contribution in [0.2, 0.25) is 0 Å². The largest absolute Gasteiger partial charge is 0.453 e. The quantitative estimate of drug-likeness (QED) is 0.0699. The summed E-state index contributed by atoms with van der Waals surface area (Å²) in [6, 6.07) is 7.67. The lowest BCUT2D eigenvalue weighted by Gasteiger charge is -2.51. The highest BCUT2D eigenvalue weighted by molar-refractivity contribution is 14.1. The molecule has 1 amide bonds. The molecule has 1 aromatic carbocycles. The number of nitrogens with one attached hydrogen (secondary N) is 3. The lowest BCUT2D eigenvalue weighted by Crippen LogP contribution is -2.69. The number of Topliss-reactive ketones (excluding diaryl/α,β-unsaturated/α-hetero) is 2. The smallest absolute Gasteiger partial charge is 0.411 e. The second-order valence-electron chi connectivity index (χ2n) is 16.9. The molecule has 2 aliphatic heterocycles. The topological polar surface area (TPSA) is 200 Å². The fraction of sp³-hybridized carbons (Fsp3) is 0.489. The summed E-state index contributed by atoms with van der Waals surface area (Å²) in [6.07, 6.45) is -1.22.